The Morgan fingerprint density at radius 3 is 2.67 bits per heavy atom. The Hall–Kier alpha value is -3.09. The monoisotopic (exact) mass is 384 g/mol. The molecule has 0 aromatic heterocycles. The standard InChI is InChI=1S/C20H17ClN2O4/c21-17-11-13(5-7-18(17)25)20(26)23-22-12-14-6-8-19(27-10-9-24)16-4-2-1-3-15(14)16/h1-8,11-12,24-25H,9-10H2,(H,23,26)/b22-12+. The third-order valence-electron chi connectivity index (χ3n) is 3.85. The molecule has 0 aliphatic carbocycles. The van der Waals surface area contributed by atoms with Gasteiger partial charge in [-0.2, -0.15) is 5.10 Å². The number of halogens is 1. The molecule has 0 bridgehead atoms. The molecule has 6 nitrogen and oxygen atoms in total. The van der Waals surface area contributed by atoms with Gasteiger partial charge < -0.3 is 14.9 Å². The minimum Gasteiger partial charge on any atom is -0.506 e. The number of fused-ring (bicyclic) bond motifs is 1. The molecule has 0 fully saturated rings. The summed E-state index contributed by atoms with van der Waals surface area (Å²) in [5.41, 5.74) is 3.52. The number of aliphatic hydroxyl groups is 1. The normalized spacial score (nSPS) is 11.0. The zero-order valence-corrected chi connectivity index (χ0v) is 15.0. The van der Waals surface area contributed by atoms with E-state index in [1.165, 1.54) is 24.4 Å². The van der Waals surface area contributed by atoms with Crippen molar-refractivity contribution < 1.29 is 19.7 Å². The minimum absolute atomic E-state index is 0.0646. The fourth-order valence-electron chi connectivity index (χ4n) is 2.56. The van der Waals surface area contributed by atoms with Crippen molar-refractivity contribution in [3.63, 3.8) is 0 Å². The highest BCUT2D eigenvalue weighted by Gasteiger charge is 2.08. The predicted molar refractivity (Wildman–Crippen MR) is 105 cm³/mol. The fourth-order valence-corrected chi connectivity index (χ4v) is 2.74. The first-order valence-corrected chi connectivity index (χ1v) is 8.55. The van der Waals surface area contributed by atoms with Gasteiger partial charge in [-0.05, 0) is 35.7 Å². The number of benzene rings is 3. The topological polar surface area (TPSA) is 91.2 Å². The Kier molecular flexibility index (Phi) is 5.90. The van der Waals surface area contributed by atoms with E-state index in [4.69, 9.17) is 21.4 Å². The van der Waals surface area contributed by atoms with Crippen molar-refractivity contribution in [3.05, 3.63) is 70.7 Å². The number of carbonyl (C=O) groups is 1. The molecule has 0 aliphatic rings. The van der Waals surface area contributed by atoms with E-state index in [9.17, 15) is 9.90 Å². The van der Waals surface area contributed by atoms with E-state index in [2.05, 4.69) is 10.5 Å². The lowest BCUT2D eigenvalue weighted by Crippen LogP contribution is -2.17. The van der Waals surface area contributed by atoms with Gasteiger partial charge in [-0.3, -0.25) is 4.79 Å². The van der Waals surface area contributed by atoms with E-state index in [1.54, 1.807) is 6.07 Å². The lowest BCUT2D eigenvalue weighted by molar-refractivity contribution is 0.0955. The summed E-state index contributed by atoms with van der Waals surface area (Å²) in [5.74, 6) is 0.131. The second-order valence-electron chi connectivity index (χ2n) is 5.64. The zero-order valence-electron chi connectivity index (χ0n) is 14.2. The van der Waals surface area contributed by atoms with Crippen molar-refractivity contribution in [1.82, 2.24) is 5.43 Å². The van der Waals surface area contributed by atoms with Gasteiger partial charge in [0.15, 0.2) is 0 Å². The lowest BCUT2D eigenvalue weighted by atomic mass is 10.0. The number of carbonyl (C=O) groups excluding carboxylic acids is 1. The molecule has 27 heavy (non-hydrogen) atoms. The van der Waals surface area contributed by atoms with Crippen molar-refractivity contribution in [2.24, 2.45) is 5.10 Å². The van der Waals surface area contributed by atoms with Crippen LogP contribution in [0.3, 0.4) is 0 Å². The maximum atomic E-state index is 12.1. The molecule has 0 spiro atoms. The van der Waals surface area contributed by atoms with Crippen LogP contribution in [0.15, 0.2) is 59.7 Å². The fraction of sp³-hybridized carbons (Fsp3) is 0.100. The van der Waals surface area contributed by atoms with Crippen LogP contribution in [0.4, 0.5) is 0 Å². The molecule has 3 aromatic rings. The van der Waals surface area contributed by atoms with Gasteiger partial charge in [0.2, 0.25) is 0 Å². The van der Waals surface area contributed by atoms with E-state index in [1.807, 2.05) is 30.3 Å². The number of hydrazone groups is 1. The number of nitrogens with zero attached hydrogens (tertiary/aromatic N) is 1. The van der Waals surface area contributed by atoms with Crippen molar-refractivity contribution in [2.45, 2.75) is 0 Å². The van der Waals surface area contributed by atoms with Gasteiger partial charge in [-0.1, -0.05) is 35.9 Å². The first-order valence-electron chi connectivity index (χ1n) is 8.17. The average Bonchev–Trinajstić information content (AvgIpc) is 2.69. The summed E-state index contributed by atoms with van der Waals surface area (Å²) in [5, 5.41) is 24.2. The molecule has 0 aliphatic heterocycles. The number of phenolic OH excluding ortho intramolecular Hbond substituents is 1. The first kappa shape index (κ1) is 18.7. The molecule has 0 atom stereocenters. The number of aliphatic hydroxyl groups excluding tert-OH is 1. The largest absolute Gasteiger partial charge is 0.506 e. The number of nitrogens with one attached hydrogen (secondary N) is 1. The third kappa shape index (κ3) is 4.36. The van der Waals surface area contributed by atoms with E-state index in [0.29, 0.717) is 5.75 Å². The van der Waals surface area contributed by atoms with Crippen molar-refractivity contribution in [3.8, 4) is 11.5 Å². The summed E-state index contributed by atoms with van der Waals surface area (Å²) in [6.07, 6.45) is 1.54. The van der Waals surface area contributed by atoms with Crippen LogP contribution in [0.5, 0.6) is 11.5 Å². The van der Waals surface area contributed by atoms with E-state index in [0.717, 1.165) is 16.3 Å². The summed E-state index contributed by atoms with van der Waals surface area (Å²) in [7, 11) is 0. The lowest BCUT2D eigenvalue weighted by Gasteiger charge is -2.10. The molecule has 0 unspecified atom stereocenters. The smallest absolute Gasteiger partial charge is 0.271 e. The van der Waals surface area contributed by atoms with Gasteiger partial charge in [0.05, 0.1) is 17.8 Å². The van der Waals surface area contributed by atoms with Gasteiger partial charge >= 0.3 is 0 Å². The van der Waals surface area contributed by atoms with Gasteiger partial charge in [0, 0.05) is 16.5 Å². The molecule has 0 saturated carbocycles. The summed E-state index contributed by atoms with van der Waals surface area (Å²) in [4.78, 5) is 12.1. The second kappa shape index (κ2) is 8.53. The van der Waals surface area contributed by atoms with Crippen LogP contribution in [-0.2, 0) is 0 Å². The number of aromatic hydroxyl groups is 1. The van der Waals surface area contributed by atoms with Crippen LogP contribution < -0.4 is 10.2 Å². The average molecular weight is 385 g/mol. The van der Waals surface area contributed by atoms with Crippen LogP contribution in [0.2, 0.25) is 5.02 Å². The molecule has 0 heterocycles. The molecular formula is C20H17ClN2O4. The zero-order chi connectivity index (χ0) is 19.2. The molecular weight excluding hydrogens is 368 g/mol. The van der Waals surface area contributed by atoms with E-state index >= 15 is 0 Å². The number of phenols is 1. The highest BCUT2D eigenvalue weighted by Crippen LogP contribution is 2.28. The van der Waals surface area contributed by atoms with Gasteiger partial charge in [0.1, 0.15) is 18.1 Å². The quantitative estimate of drug-likeness (QED) is 0.449. The second-order valence-corrected chi connectivity index (χ2v) is 6.04. The Balaban J connectivity index is 1.79. The Morgan fingerprint density at radius 1 is 1.15 bits per heavy atom. The van der Waals surface area contributed by atoms with Crippen molar-refractivity contribution in [1.29, 1.82) is 0 Å². The number of ether oxygens (including phenoxy) is 1. The Morgan fingerprint density at radius 2 is 1.93 bits per heavy atom. The number of hydrogen-bond donors (Lipinski definition) is 3. The van der Waals surface area contributed by atoms with Crippen LogP contribution in [-0.4, -0.2) is 35.5 Å². The molecule has 7 heteroatoms. The van der Waals surface area contributed by atoms with E-state index in [-0.39, 0.29) is 29.5 Å². The van der Waals surface area contributed by atoms with Crippen LogP contribution >= 0.6 is 11.6 Å². The third-order valence-corrected chi connectivity index (χ3v) is 4.15. The maximum absolute atomic E-state index is 12.1. The summed E-state index contributed by atoms with van der Waals surface area (Å²) in [6, 6.07) is 15.4. The van der Waals surface area contributed by atoms with Crippen LogP contribution in [0.1, 0.15) is 15.9 Å². The molecule has 3 aromatic carbocycles. The van der Waals surface area contributed by atoms with Gasteiger partial charge in [0.25, 0.3) is 5.91 Å². The summed E-state index contributed by atoms with van der Waals surface area (Å²) in [6.45, 7) is 0.146. The molecule has 3 N–H and O–H groups in total. The van der Waals surface area contributed by atoms with Crippen LogP contribution in [0, 0.1) is 0 Å². The maximum Gasteiger partial charge on any atom is 0.271 e. The summed E-state index contributed by atoms with van der Waals surface area (Å²) >= 11 is 5.81. The minimum atomic E-state index is -0.444. The molecule has 0 radical (unpaired) electrons. The van der Waals surface area contributed by atoms with Crippen molar-refractivity contribution in [2.75, 3.05) is 13.2 Å². The Labute approximate surface area is 160 Å². The summed E-state index contributed by atoms with van der Waals surface area (Å²) < 4.78 is 5.55. The van der Waals surface area contributed by atoms with Crippen LogP contribution in [0.25, 0.3) is 10.8 Å². The van der Waals surface area contributed by atoms with E-state index < -0.39 is 5.91 Å². The SMILES string of the molecule is O=C(N/N=C/c1ccc(OCCO)c2ccccc12)c1ccc(O)c(Cl)c1. The number of hydrogen-bond acceptors (Lipinski definition) is 5. The molecule has 0 saturated heterocycles. The van der Waals surface area contributed by atoms with Crippen molar-refractivity contribution >= 4 is 34.5 Å². The highest BCUT2D eigenvalue weighted by atomic mass is 35.5. The number of rotatable bonds is 6. The molecule has 1 amide bonds. The molecule has 138 valence electrons. The highest BCUT2D eigenvalue weighted by molar-refractivity contribution is 6.32. The Bertz CT molecular complexity index is 1000. The first-order chi connectivity index (χ1) is 13.1. The molecule has 3 rings (SSSR count). The van der Waals surface area contributed by atoms with Gasteiger partial charge in [-0.25, -0.2) is 5.43 Å². The van der Waals surface area contributed by atoms with Gasteiger partial charge in [-0.15, -0.1) is 0 Å². The number of amides is 1. The predicted octanol–water partition coefficient (Wildman–Crippen LogP) is 3.33.